The van der Waals surface area contributed by atoms with Gasteiger partial charge in [-0.1, -0.05) is 6.07 Å². The van der Waals surface area contributed by atoms with Crippen LogP contribution in [-0.4, -0.2) is 26.8 Å². The van der Waals surface area contributed by atoms with Crippen LogP contribution in [0.1, 0.15) is 6.92 Å². The number of hydrogen-bond donors (Lipinski definition) is 1. The molecule has 0 aliphatic heterocycles. The van der Waals surface area contributed by atoms with Crippen LogP contribution in [-0.2, 0) is 0 Å². The van der Waals surface area contributed by atoms with E-state index in [1.54, 1.807) is 7.11 Å². The lowest BCUT2D eigenvalue weighted by Crippen LogP contribution is -2.28. The Hall–Kier alpha value is -1.22. The standard InChI is InChI=1S/C11H17NO2/c1-9(12-2)8-14-11-6-4-5-10(7-11)13-3/h4-7,9,12H,8H2,1-3H3. The second-order valence-electron chi connectivity index (χ2n) is 3.18. The Morgan fingerprint density at radius 1 is 1.36 bits per heavy atom. The molecule has 3 nitrogen and oxygen atoms in total. The van der Waals surface area contributed by atoms with E-state index in [1.807, 2.05) is 31.3 Å². The van der Waals surface area contributed by atoms with E-state index in [4.69, 9.17) is 9.47 Å². The first kappa shape index (κ1) is 10.9. The Bertz CT molecular complexity index is 276. The van der Waals surface area contributed by atoms with Crippen LogP contribution in [0.5, 0.6) is 11.5 Å². The average Bonchev–Trinajstić information content (AvgIpc) is 2.26. The maximum atomic E-state index is 5.56. The van der Waals surface area contributed by atoms with Crippen LogP contribution >= 0.6 is 0 Å². The Kier molecular flexibility index (Phi) is 4.26. The van der Waals surface area contributed by atoms with E-state index in [9.17, 15) is 0 Å². The minimum Gasteiger partial charge on any atom is -0.497 e. The topological polar surface area (TPSA) is 30.5 Å². The third kappa shape index (κ3) is 3.26. The van der Waals surface area contributed by atoms with Crippen LogP contribution in [0.4, 0.5) is 0 Å². The third-order valence-corrected chi connectivity index (χ3v) is 2.03. The molecule has 1 rings (SSSR count). The van der Waals surface area contributed by atoms with Crippen LogP contribution < -0.4 is 14.8 Å². The van der Waals surface area contributed by atoms with E-state index < -0.39 is 0 Å². The minimum atomic E-state index is 0.348. The monoisotopic (exact) mass is 195 g/mol. The summed E-state index contributed by atoms with van der Waals surface area (Å²) >= 11 is 0. The number of nitrogens with one attached hydrogen (secondary N) is 1. The van der Waals surface area contributed by atoms with Crippen molar-refractivity contribution in [3.63, 3.8) is 0 Å². The second-order valence-corrected chi connectivity index (χ2v) is 3.18. The van der Waals surface area contributed by atoms with Crippen molar-refractivity contribution < 1.29 is 9.47 Å². The molecule has 0 saturated carbocycles. The normalized spacial score (nSPS) is 12.2. The molecule has 78 valence electrons. The lowest BCUT2D eigenvalue weighted by atomic mass is 10.3. The fraction of sp³-hybridized carbons (Fsp3) is 0.455. The molecule has 0 saturated heterocycles. The van der Waals surface area contributed by atoms with Crippen molar-refractivity contribution in [2.75, 3.05) is 20.8 Å². The Balaban J connectivity index is 2.50. The summed E-state index contributed by atoms with van der Waals surface area (Å²) in [6.07, 6.45) is 0. The zero-order chi connectivity index (χ0) is 10.4. The molecule has 1 aromatic carbocycles. The summed E-state index contributed by atoms with van der Waals surface area (Å²) in [4.78, 5) is 0. The van der Waals surface area contributed by atoms with Gasteiger partial charge in [-0.3, -0.25) is 0 Å². The summed E-state index contributed by atoms with van der Waals surface area (Å²) in [5, 5.41) is 3.11. The highest BCUT2D eigenvalue weighted by Crippen LogP contribution is 2.18. The quantitative estimate of drug-likeness (QED) is 0.775. The van der Waals surface area contributed by atoms with Gasteiger partial charge < -0.3 is 14.8 Å². The molecule has 0 bridgehead atoms. The molecule has 0 radical (unpaired) electrons. The zero-order valence-electron chi connectivity index (χ0n) is 8.91. The average molecular weight is 195 g/mol. The molecule has 1 N–H and O–H groups in total. The van der Waals surface area contributed by atoms with E-state index in [0.717, 1.165) is 11.5 Å². The molecule has 0 aromatic heterocycles. The molecule has 0 fully saturated rings. The highest BCUT2D eigenvalue weighted by atomic mass is 16.5. The number of hydrogen-bond acceptors (Lipinski definition) is 3. The SMILES string of the molecule is CNC(C)COc1cccc(OC)c1. The van der Waals surface area contributed by atoms with Crippen LogP contribution in [0.2, 0.25) is 0 Å². The van der Waals surface area contributed by atoms with E-state index in [0.29, 0.717) is 12.6 Å². The number of ether oxygens (including phenoxy) is 2. The molecule has 0 heterocycles. The molecule has 1 unspecified atom stereocenters. The van der Waals surface area contributed by atoms with Gasteiger partial charge in [0.1, 0.15) is 18.1 Å². The van der Waals surface area contributed by atoms with Crippen molar-refractivity contribution in [1.29, 1.82) is 0 Å². The predicted molar refractivity (Wildman–Crippen MR) is 57.0 cm³/mol. The van der Waals surface area contributed by atoms with Crippen LogP contribution in [0, 0.1) is 0 Å². The van der Waals surface area contributed by atoms with Gasteiger partial charge in [0.25, 0.3) is 0 Å². The summed E-state index contributed by atoms with van der Waals surface area (Å²) in [5.41, 5.74) is 0. The Morgan fingerprint density at radius 3 is 2.71 bits per heavy atom. The number of benzene rings is 1. The number of methoxy groups -OCH3 is 1. The van der Waals surface area contributed by atoms with E-state index in [-0.39, 0.29) is 0 Å². The first-order valence-corrected chi connectivity index (χ1v) is 4.70. The number of rotatable bonds is 5. The van der Waals surface area contributed by atoms with Crippen LogP contribution in [0.25, 0.3) is 0 Å². The molecule has 14 heavy (non-hydrogen) atoms. The van der Waals surface area contributed by atoms with Crippen molar-refractivity contribution in [3.05, 3.63) is 24.3 Å². The first-order valence-electron chi connectivity index (χ1n) is 4.70. The van der Waals surface area contributed by atoms with Crippen molar-refractivity contribution >= 4 is 0 Å². The van der Waals surface area contributed by atoms with Gasteiger partial charge in [0.2, 0.25) is 0 Å². The Morgan fingerprint density at radius 2 is 2.07 bits per heavy atom. The van der Waals surface area contributed by atoms with Gasteiger partial charge in [-0.2, -0.15) is 0 Å². The third-order valence-electron chi connectivity index (χ3n) is 2.03. The first-order chi connectivity index (χ1) is 6.76. The summed E-state index contributed by atoms with van der Waals surface area (Å²) in [7, 11) is 3.56. The van der Waals surface area contributed by atoms with E-state index in [1.165, 1.54) is 0 Å². The summed E-state index contributed by atoms with van der Waals surface area (Å²) in [6, 6.07) is 7.96. The van der Waals surface area contributed by atoms with E-state index >= 15 is 0 Å². The molecule has 0 aliphatic rings. The Labute approximate surface area is 85.0 Å². The van der Waals surface area contributed by atoms with Gasteiger partial charge in [0.05, 0.1) is 7.11 Å². The van der Waals surface area contributed by atoms with E-state index in [2.05, 4.69) is 12.2 Å². The molecule has 1 aromatic rings. The van der Waals surface area contributed by atoms with Crippen LogP contribution in [0.15, 0.2) is 24.3 Å². The van der Waals surface area contributed by atoms with Gasteiger partial charge in [0.15, 0.2) is 0 Å². The molecule has 0 amide bonds. The maximum Gasteiger partial charge on any atom is 0.123 e. The molecule has 0 aliphatic carbocycles. The van der Waals surface area contributed by atoms with Crippen molar-refractivity contribution in [1.82, 2.24) is 5.32 Å². The minimum absolute atomic E-state index is 0.348. The smallest absolute Gasteiger partial charge is 0.123 e. The van der Waals surface area contributed by atoms with Gasteiger partial charge in [-0.05, 0) is 26.1 Å². The van der Waals surface area contributed by atoms with Gasteiger partial charge >= 0.3 is 0 Å². The molecule has 3 heteroatoms. The van der Waals surface area contributed by atoms with Gasteiger partial charge in [-0.25, -0.2) is 0 Å². The lowest BCUT2D eigenvalue weighted by molar-refractivity contribution is 0.278. The summed E-state index contributed by atoms with van der Waals surface area (Å²) in [5.74, 6) is 1.66. The zero-order valence-corrected chi connectivity index (χ0v) is 8.91. The number of likely N-dealkylation sites (N-methyl/N-ethyl adjacent to an activating group) is 1. The second kappa shape index (κ2) is 5.50. The largest absolute Gasteiger partial charge is 0.497 e. The van der Waals surface area contributed by atoms with Crippen LogP contribution in [0.3, 0.4) is 0 Å². The highest BCUT2D eigenvalue weighted by Gasteiger charge is 2.00. The molecule has 1 atom stereocenters. The van der Waals surface area contributed by atoms with Gasteiger partial charge in [-0.15, -0.1) is 0 Å². The molecule has 0 spiro atoms. The summed E-state index contributed by atoms with van der Waals surface area (Å²) in [6.45, 7) is 2.73. The summed E-state index contributed by atoms with van der Waals surface area (Å²) < 4.78 is 10.7. The van der Waals surface area contributed by atoms with Gasteiger partial charge in [0, 0.05) is 12.1 Å². The molecular weight excluding hydrogens is 178 g/mol. The molecular formula is C11H17NO2. The fourth-order valence-corrected chi connectivity index (χ4v) is 0.996. The lowest BCUT2D eigenvalue weighted by Gasteiger charge is -2.12. The predicted octanol–water partition coefficient (Wildman–Crippen LogP) is 1.68. The highest BCUT2D eigenvalue weighted by molar-refractivity contribution is 5.32. The maximum absolute atomic E-state index is 5.56. The fourth-order valence-electron chi connectivity index (χ4n) is 0.996. The van der Waals surface area contributed by atoms with Crippen molar-refractivity contribution in [2.45, 2.75) is 13.0 Å². The van der Waals surface area contributed by atoms with Crippen molar-refractivity contribution in [3.8, 4) is 11.5 Å². The van der Waals surface area contributed by atoms with Crippen molar-refractivity contribution in [2.24, 2.45) is 0 Å².